The summed E-state index contributed by atoms with van der Waals surface area (Å²) in [4.78, 5) is 10.9. The molecule has 82 valence electrons. The van der Waals surface area contributed by atoms with Crippen molar-refractivity contribution in [3.8, 4) is 0 Å². The summed E-state index contributed by atoms with van der Waals surface area (Å²) in [6, 6.07) is 8.99. The van der Waals surface area contributed by atoms with Gasteiger partial charge < -0.3 is 10.4 Å². The Labute approximate surface area is 90.1 Å². The highest BCUT2D eigenvalue weighted by molar-refractivity contribution is 5.73. The summed E-state index contributed by atoms with van der Waals surface area (Å²) < 4.78 is 0. The van der Waals surface area contributed by atoms with E-state index < -0.39 is 5.60 Å². The highest BCUT2D eigenvalue weighted by Crippen LogP contribution is 2.23. The maximum Gasteiger partial charge on any atom is 0.217 e. The molecule has 0 radical (unpaired) electrons. The van der Waals surface area contributed by atoms with E-state index in [9.17, 15) is 9.90 Å². The largest absolute Gasteiger partial charge is 0.383 e. The molecular formula is C12H17NO2. The Morgan fingerprint density at radius 1 is 1.40 bits per heavy atom. The zero-order valence-corrected chi connectivity index (χ0v) is 9.32. The van der Waals surface area contributed by atoms with E-state index in [1.165, 1.54) is 6.92 Å². The molecule has 1 aromatic carbocycles. The van der Waals surface area contributed by atoms with Gasteiger partial charge in [-0.1, -0.05) is 30.3 Å². The zero-order valence-electron chi connectivity index (χ0n) is 9.32. The molecule has 2 N–H and O–H groups in total. The minimum atomic E-state index is -1.05. The molecule has 1 rings (SSSR count). The quantitative estimate of drug-likeness (QED) is 0.787. The van der Waals surface area contributed by atoms with Gasteiger partial charge in [0.1, 0.15) is 5.60 Å². The monoisotopic (exact) mass is 207 g/mol. The molecule has 0 aromatic heterocycles. The van der Waals surface area contributed by atoms with Crippen molar-refractivity contribution in [2.45, 2.75) is 32.4 Å². The zero-order chi connectivity index (χ0) is 11.5. The van der Waals surface area contributed by atoms with Gasteiger partial charge in [0, 0.05) is 6.92 Å². The van der Waals surface area contributed by atoms with Crippen molar-refractivity contribution in [2.24, 2.45) is 0 Å². The lowest BCUT2D eigenvalue weighted by Gasteiger charge is -2.31. The van der Waals surface area contributed by atoms with Gasteiger partial charge in [-0.3, -0.25) is 4.79 Å². The minimum absolute atomic E-state index is 0.140. The van der Waals surface area contributed by atoms with Crippen LogP contribution in [0.15, 0.2) is 30.3 Å². The summed E-state index contributed by atoms with van der Waals surface area (Å²) in [5.41, 5.74) is -0.251. The third kappa shape index (κ3) is 2.80. The molecule has 0 aliphatic heterocycles. The number of amides is 1. The predicted octanol–water partition coefficient (Wildman–Crippen LogP) is 1.42. The smallest absolute Gasteiger partial charge is 0.217 e. The highest BCUT2D eigenvalue weighted by atomic mass is 16.3. The van der Waals surface area contributed by atoms with Gasteiger partial charge in [0.2, 0.25) is 5.91 Å². The molecule has 0 saturated heterocycles. The van der Waals surface area contributed by atoms with Gasteiger partial charge in [-0.15, -0.1) is 0 Å². The molecule has 0 saturated carbocycles. The lowest BCUT2D eigenvalue weighted by atomic mass is 9.89. The maximum atomic E-state index is 10.9. The SMILES string of the molecule is CC(=O)NC(C)C(C)(O)c1ccccc1. The van der Waals surface area contributed by atoms with Crippen molar-refractivity contribution in [3.05, 3.63) is 35.9 Å². The van der Waals surface area contributed by atoms with Crippen LogP contribution in [0.25, 0.3) is 0 Å². The van der Waals surface area contributed by atoms with Crippen molar-refractivity contribution < 1.29 is 9.90 Å². The lowest BCUT2D eigenvalue weighted by Crippen LogP contribution is -2.46. The second-order valence-corrected chi connectivity index (χ2v) is 3.94. The first-order valence-corrected chi connectivity index (χ1v) is 4.99. The average Bonchev–Trinajstić information content (AvgIpc) is 2.18. The van der Waals surface area contributed by atoms with Crippen molar-refractivity contribution >= 4 is 5.91 Å². The molecular weight excluding hydrogens is 190 g/mol. The molecule has 2 unspecified atom stereocenters. The second-order valence-electron chi connectivity index (χ2n) is 3.94. The van der Waals surface area contributed by atoms with E-state index in [-0.39, 0.29) is 11.9 Å². The van der Waals surface area contributed by atoms with E-state index in [1.54, 1.807) is 13.8 Å². The Bertz CT molecular complexity index is 333. The van der Waals surface area contributed by atoms with Crippen molar-refractivity contribution in [1.29, 1.82) is 0 Å². The summed E-state index contributed by atoms with van der Waals surface area (Å²) in [6.07, 6.45) is 0. The Kier molecular flexibility index (Phi) is 3.48. The molecule has 0 spiro atoms. The van der Waals surface area contributed by atoms with Gasteiger partial charge in [0.15, 0.2) is 0 Å². The van der Waals surface area contributed by atoms with Crippen LogP contribution in [-0.4, -0.2) is 17.1 Å². The summed E-state index contributed by atoms with van der Waals surface area (Å²) >= 11 is 0. The summed E-state index contributed by atoms with van der Waals surface area (Å²) in [7, 11) is 0. The molecule has 0 fully saturated rings. The standard InChI is InChI=1S/C12H17NO2/c1-9(13-10(2)14)12(3,15)11-7-5-4-6-8-11/h4-9,15H,1-3H3,(H,13,14). The minimum Gasteiger partial charge on any atom is -0.383 e. The van der Waals surface area contributed by atoms with Crippen LogP contribution >= 0.6 is 0 Å². The molecule has 3 nitrogen and oxygen atoms in total. The normalized spacial score (nSPS) is 16.5. The van der Waals surface area contributed by atoms with Crippen LogP contribution < -0.4 is 5.32 Å². The topological polar surface area (TPSA) is 49.3 Å². The van der Waals surface area contributed by atoms with Crippen molar-refractivity contribution in [2.75, 3.05) is 0 Å². The molecule has 3 heteroatoms. The number of rotatable bonds is 3. The molecule has 0 bridgehead atoms. The lowest BCUT2D eigenvalue weighted by molar-refractivity contribution is -0.121. The fourth-order valence-electron chi connectivity index (χ4n) is 1.47. The molecule has 0 aliphatic carbocycles. The summed E-state index contributed by atoms with van der Waals surface area (Å²) in [6.45, 7) is 4.93. The average molecular weight is 207 g/mol. The van der Waals surface area contributed by atoms with E-state index >= 15 is 0 Å². The van der Waals surface area contributed by atoms with Gasteiger partial charge in [-0.05, 0) is 19.4 Å². The number of aliphatic hydroxyl groups is 1. The highest BCUT2D eigenvalue weighted by Gasteiger charge is 2.30. The predicted molar refractivity (Wildman–Crippen MR) is 59.3 cm³/mol. The van der Waals surface area contributed by atoms with E-state index in [0.29, 0.717) is 0 Å². The third-order valence-corrected chi connectivity index (χ3v) is 2.62. The molecule has 15 heavy (non-hydrogen) atoms. The Balaban J connectivity index is 2.87. The van der Waals surface area contributed by atoms with Crippen molar-refractivity contribution in [3.63, 3.8) is 0 Å². The first-order chi connectivity index (χ1) is 6.94. The van der Waals surface area contributed by atoms with Crippen LogP contribution in [0.4, 0.5) is 0 Å². The second kappa shape index (κ2) is 4.45. The number of hydrogen-bond donors (Lipinski definition) is 2. The molecule has 1 aromatic rings. The van der Waals surface area contributed by atoms with Gasteiger partial charge in [-0.25, -0.2) is 0 Å². The Hall–Kier alpha value is -1.35. The Morgan fingerprint density at radius 2 is 1.93 bits per heavy atom. The van der Waals surface area contributed by atoms with E-state index in [4.69, 9.17) is 0 Å². The van der Waals surface area contributed by atoms with Gasteiger partial charge in [-0.2, -0.15) is 0 Å². The molecule has 1 amide bonds. The molecule has 2 atom stereocenters. The van der Waals surface area contributed by atoms with Crippen LogP contribution in [0.1, 0.15) is 26.3 Å². The van der Waals surface area contributed by atoms with Crippen LogP contribution in [-0.2, 0) is 10.4 Å². The molecule has 0 aliphatic rings. The number of benzene rings is 1. The first-order valence-electron chi connectivity index (χ1n) is 4.99. The number of carbonyl (C=O) groups is 1. The van der Waals surface area contributed by atoms with Gasteiger partial charge >= 0.3 is 0 Å². The van der Waals surface area contributed by atoms with Crippen LogP contribution in [0, 0.1) is 0 Å². The van der Waals surface area contributed by atoms with E-state index in [2.05, 4.69) is 5.32 Å². The third-order valence-electron chi connectivity index (χ3n) is 2.62. The van der Waals surface area contributed by atoms with E-state index in [0.717, 1.165) is 5.56 Å². The number of nitrogens with one attached hydrogen (secondary N) is 1. The van der Waals surface area contributed by atoms with Gasteiger partial charge in [0.05, 0.1) is 6.04 Å². The fourth-order valence-corrected chi connectivity index (χ4v) is 1.47. The van der Waals surface area contributed by atoms with Crippen LogP contribution in [0.5, 0.6) is 0 Å². The summed E-state index contributed by atoms with van der Waals surface area (Å²) in [5, 5.41) is 13.0. The van der Waals surface area contributed by atoms with Crippen LogP contribution in [0.3, 0.4) is 0 Å². The first kappa shape index (κ1) is 11.7. The molecule has 0 heterocycles. The van der Waals surface area contributed by atoms with Gasteiger partial charge in [0.25, 0.3) is 0 Å². The number of hydrogen-bond acceptors (Lipinski definition) is 2. The van der Waals surface area contributed by atoms with Crippen molar-refractivity contribution in [1.82, 2.24) is 5.32 Å². The Morgan fingerprint density at radius 3 is 2.40 bits per heavy atom. The maximum absolute atomic E-state index is 10.9. The fraction of sp³-hybridized carbons (Fsp3) is 0.417. The number of carbonyl (C=O) groups excluding carboxylic acids is 1. The summed E-state index contributed by atoms with van der Waals surface area (Å²) in [5.74, 6) is -0.140. The van der Waals surface area contributed by atoms with E-state index in [1.807, 2.05) is 30.3 Å². The van der Waals surface area contributed by atoms with Crippen LogP contribution in [0.2, 0.25) is 0 Å².